The number of ether oxygens (including phenoxy) is 1. The number of anilines is 2. The van der Waals surface area contributed by atoms with E-state index in [1.54, 1.807) is 29.2 Å². The van der Waals surface area contributed by atoms with Gasteiger partial charge < -0.3 is 20.3 Å². The van der Waals surface area contributed by atoms with Gasteiger partial charge in [-0.1, -0.05) is 36.4 Å². The first kappa shape index (κ1) is 25.0. The molecule has 0 bridgehead atoms. The average molecular weight is 486 g/mol. The standard InChI is InChI=1S/C29H31N3O4/c1-20-8-9-24(16-21(20)2)31-27(33)19-36-26-12-10-25(11-13-26)32-18-23(17-28(32)34)29(35)30-15-14-22-6-4-3-5-7-22/h3-13,16,23H,14-15,17-19H2,1-2H3,(H,30,35)(H,31,33)/t23-/m0/s1. The molecule has 2 N–H and O–H groups in total. The smallest absolute Gasteiger partial charge is 0.262 e. The van der Waals surface area contributed by atoms with Crippen molar-refractivity contribution < 1.29 is 19.1 Å². The minimum atomic E-state index is -0.377. The molecule has 1 saturated heterocycles. The topological polar surface area (TPSA) is 87.7 Å². The van der Waals surface area contributed by atoms with E-state index < -0.39 is 0 Å². The van der Waals surface area contributed by atoms with Crippen molar-refractivity contribution in [3.63, 3.8) is 0 Å². The van der Waals surface area contributed by atoms with Gasteiger partial charge in [-0.25, -0.2) is 0 Å². The maximum atomic E-state index is 12.6. The van der Waals surface area contributed by atoms with Gasteiger partial charge in [0, 0.05) is 30.9 Å². The maximum Gasteiger partial charge on any atom is 0.262 e. The molecule has 4 rings (SSSR count). The second kappa shape index (κ2) is 11.5. The first-order valence-corrected chi connectivity index (χ1v) is 12.1. The zero-order valence-corrected chi connectivity index (χ0v) is 20.6. The fraction of sp³-hybridized carbons (Fsp3) is 0.276. The van der Waals surface area contributed by atoms with Gasteiger partial charge in [0.05, 0.1) is 5.92 Å². The van der Waals surface area contributed by atoms with Crippen LogP contribution in [0.2, 0.25) is 0 Å². The molecular weight excluding hydrogens is 454 g/mol. The van der Waals surface area contributed by atoms with Gasteiger partial charge in [-0.05, 0) is 73.4 Å². The molecule has 3 amide bonds. The van der Waals surface area contributed by atoms with Gasteiger partial charge in [0.25, 0.3) is 5.91 Å². The third-order valence-corrected chi connectivity index (χ3v) is 6.36. The molecule has 3 aromatic rings. The summed E-state index contributed by atoms with van der Waals surface area (Å²) < 4.78 is 5.60. The lowest BCUT2D eigenvalue weighted by atomic mass is 10.1. The Balaban J connectivity index is 1.24. The van der Waals surface area contributed by atoms with E-state index in [2.05, 4.69) is 10.6 Å². The monoisotopic (exact) mass is 485 g/mol. The van der Waals surface area contributed by atoms with E-state index in [-0.39, 0.29) is 36.7 Å². The summed E-state index contributed by atoms with van der Waals surface area (Å²) in [5.74, 6) is -0.288. The van der Waals surface area contributed by atoms with E-state index in [4.69, 9.17) is 4.74 Å². The summed E-state index contributed by atoms with van der Waals surface area (Å²) >= 11 is 0. The number of amides is 3. The van der Waals surface area contributed by atoms with Crippen molar-refractivity contribution in [2.24, 2.45) is 5.92 Å². The number of aryl methyl sites for hydroxylation is 2. The van der Waals surface area contributed by atoms with Gasteiger partial charge in [-0.3, -0.25) is 14.4 Å². The summed E-state index contributed by atoms with van der Waals surface area (Å²) in [4.78, 5) is 39.0. The van der Waals surface area contributed by atoms with Crippen LogP contribution in [0.25, 0.3) is 0 Å². The Bertz CT molecular complexity index is 1230. The van der Waals surface area contributed by atoms with E-state index in [0.717, 1.165) is 28.8 Å². The van der Waals surface area contributed by atoms with Crippen molar-refractivity contribution in [3.8, 4) is 5.75 Å². The van der Waals surface area contributed by atoms with Gasteiger partial charge >= 0.3 is 0 Å². The largest absolute Gasteiger partial charge is 0.484 e. The van der Waals surface area contributed by atoms with Crippen LogP contribution in [-0.2, 0) is 20.8 Å². The molecule has 1 fully saturated rings. The summed E-state index contributed by atoms with van der Waals surface area (Å²) in [5.41, 5.74) is 4.86. The van der Waals surface area contributed by atoms with Crippen LogP contribution in [-0.4, -0.2) is 37.4 Å². The van der Waals surface area contributed by atoms with Crippen LogP contribution >= 0.6 is 0 Å². The molecule has 0 saturated carbocycles. The molecule has 0 unspecified atom stereocenters. The molecule has 0 aliphatic carbocycles. The molecule has 1 aliphatic rings. The normalized spacial score (nSPS) is 15.0. The van der Waals surface area contributed by atoms with E-state index in [0.29, 0.717) is 24.5 Å². The number of rotatable bonds is 9. The summed E-state index contributed by atoms with van der Waals surface area (Å²) in [7, 11) is 0. The van der Waals surface area contributed by atoms with Gasteiger partial charge in [0.1, 0.15) is 5.75 Å². The van der Waals surface area contributed by atoms with Gasteiger partial charge in [-0.15, -0.1) is 0 Å². The maximum absolute atomic E-state index is 12.6. The van der Waals surface area contributed by atoms with Crippen LogP contribution in [0.4, 0.5) is 11.4 Å². The SMILES string of the molecule is Cc1ccc(NC(=O)COc2ccc(N3C[C@@H](C(=O)NCCc4ccccc4)CC3=O)cc2)cc1C. The molecule has 0 radical (unpaired) electrons. The number of hydrogen-bond donors (Lipinski definition) is 2. The highest BCUT2D eigenvalue weighted by molar-refractivity contribution is 6.00. The number of benzene rings is 3. The molecule has 0 aromatic heterocycles. The number of nitrogens with zero attached hydrogens (tertiary/aromatic N) is 1. The predicted octanol–water partition coefficient (Wildman–Crippen LogP) is 4.03. The molecule has 1 heterocycles. The third-order valence-electron chi connectivity index (χ3n) is 6.36. The summed E-state index contributed by atoms with van der Waals surface area (Å²) in [5, 5.41) is 5.78. The highest BCUT2D eigenvalue weighted by Gasteiger charge is 2.34. The van der Waals surface area contributed by atoms with Crippen LogP contribution in [0.15, 0.2) is 72.8 Å². The Morgan fingerprint density at radius 1 is 0.972 bits per heavy atom. The van der Waals surface area contributed by atoms with Crippen molar-refractivity contribution in [3.05, 3.63) is 89.5 Å². The second-order valence-corrected chi connectivity index (χ2v) is 9.06. The zero-order chi connectivity index (χ0) is 25.5. The molecule has 7 nitrogen and oxygen atoms in total. The highest BCUT2D eigenvalue weighted by atomic mass is 16.5. The first-order valence-electron chi connectivity index (χ1n) is 12.1. The fourth-order valence-electron chi connectivity index (χ4n) is 4.14. The van der Waals surface area contributed by atoms with Crippen molar-refractivity contribution in [2.75, 3.05) is 29.9 Å². The van der Waals surface area contributed by atoms with E-state index in [1.165, 1.54) is 0 Å². The molecule has 1 aliphatic heterocycles. The summed E-state index contributed by atoms with van der Waals surface area (Å²) in [6.07, 6.45) is 0.940. The first-order chi connectivity index (χ1) is 17.4. The van der Waals surface area contributed by atoms with Crippen molar-refractivity contribution in [1.82, 2.24) is 5.32 Å². The number of carbonyl (C=O) groups excluding carboxylic acids is 3. The Kier molecular flexibility index (Phi) is 8.00. The van der Waals surface area contributed by atoms with E-state index in [9.17, 15) is 14.4 Å². The minimum Gasteiger partial charge on any atom is -0.484 e. The molecule has 3 aromatic carbocycles. The Labute approximate surface area is 211 Å². The lowest BCUT2D eigenvalue weighted by molar-refractivity contribution is -0.126. The van der Waals surface area contributed by atoms with Crippen LogP contribution in [0.1, 0.15) is 23.1 Å². The Hall–Kier alpha value is -4.13. The lowest BCUT2D eigenvalue weighted by Crippen LogP contribution is -2.34. The predicted molar refractivity (Wildman–Crippen MR) is 140 cm³/mol. The molecule has 7 heteroatoms. The molecule has 0 spiro atoms. The fourth-order valence-corrected chi connectivity index (χ4v) is 4.14. The molecular formula is C29H31N3O4. The summed E-state index contributed by atoms with van der Waals surface area (Å²) in [6, 6.07) is 22.7. The highest BCUT2D eigenvalue weighted by Crippen LogP contribution is 2.27. The van der Waals surface area contributed by atoms with Gasteiger partial charge in [0.15, 0.2) is 6.61 Å². The van der Waals surface area contributed by atoms with Gasteiger partial charge in [0.2, 0.25) is 11.8 Å². The number of hydrogen-bond acceptors (Lipinski definition) is 4. The molecule has 1 atom stereocenters. The van der Waals surface area contributed by atoms with Crippen LogP contribution in [0, 0.1) is 19.8 Å². The average Bonchev–Trinajstić information content (AvgIpc) is 3.27. The zero-order valence-electron chi connectivity index (χ0n) is 20.6. The third kappa shape index (κ3) is 6.50. The number of carbonyl (C=O) groups is 3. The number of nitrogens with one attached hydrogen (secondary N) is 2. The van der Waals surface area contributed by atoms with Gasteiger partial charge in [-0.2, -0.15) is 0 Å². The van der Waals surface area contributed by atoms with Crippen LogP contribution < -0.4 is 20.3 Å². The van der Waals surface area contributed by atoms with Crippen molar-refractivity contribution in [2.45, 2.75) is 26.7 Å². The van der Waals surface area contributed by atoms with Crippen LogP contribution in [0.5, 0.6) is 5.75 Å². The minimum absolute atomic E-state index is 0.0837. The second-order valence-electron chi connectivity index (χ2n) is 9.06. The summed E-state index contributed by atoms with van der Waals surface area (Å²) in [6.45, 7) is 4.77. The molecule has 36 heavy (non-hydrogen) atoms. The molecule has 186 valence electrons. The quantitative estimate of drug-likeness (QED) is 0.479. The Morgan fingerprint density at radius 3 is 2.44 bits per heavy atom. The van der Waals surface area contributed by atoms with Crippen molar-refractivity contribution in [1.29, 1.82) is 0 Å². The van der Waals surface area contributed by atoms with E-state index in [1.807, 2.05) is 62.4 Å². The lowest BCUT2D eigenvalue weighted by Gasteiger charge is -2.17. The Morgan fingerprint density at radius 2 is 1.72 bits per heavy atom. The van der Waals surface area contributed by atoms with Crippen LogP contribution in [0.3, 0.4) is 0 Å². The van der Waals surface area contributed by atoms with Crippen molar-refractivity contribution >= 4 is 29.1 Å². The van der Waals surface area contributed by atoms with E-state index >= 15 is 0 Å².